The van der Waals surface area contributed by atoms with Crippen LogP contribution in [0.1, 0.15) is 0 Å². The van der Waals surface area contributed by atoms with Crippen LogP contribution in [0.3, 0.4) is 0 Å². The molecular formula is C134H76N12O3. The first kappa shape index (κ1) is 81.2. The van der Waals surface area contributed by atoms with Crippen LogP contribution in [-0.2, 0) is 0 Å². The molecule has 15 heteroatoms. The van der Waals surface area contributed by atoms with Gasteiger partial charge in [0, 0.05) is 92.5 Å². The largest absolute Gasteiger partial charge is 0.436 e. The van der Waals surface area contributed by atoms with E-state index >= 15 is 0 Å². The second kappa shape index (κ2) is 31.1. The average molecular weight is 1900 g/mol. The van der Waals surface area contributed by atoms with E-state index in [1.807, 2.05) is 30.7 Å². The number of aromatic nitrogens is 12. The minimum Gasteiger partial charge on any atom is -0.436 e. The maximum atomic E-state index is 6.39. The van der Waals surface area contributed by atoms with E-state index in [1.165, 1.54) is 162 Å². The Kier molecular flexibility index (Phi) is 16.9. The molecule has 0 radical (unpaired) electrons. The molecule has 0 amide bonds. The van der Waals surface area contributed by atoms with Crippen molar-refractivity contribution in [1.29, 1.82) is 0 Å². The second-order valence-electron chi connectivity index (χ2n) is 39.0. The smallest absolute Gasteiger partial charge is 0.246 e. The van der Waals surface area contributed by atoms with Crippen LogP contribution in [0.4, 0.5) is 0 Å². The molecule has 149 heavy (non-hydrogen) atoms. The van der Waals surface area contributed by atoms with Gasteiger partial charge in [-0.3, -0.25) is 13.7 Å². The molecule has 0 bridgehead atoms. The van der Waals surface area contributed by atoms with Gasteiger partial charge in [0.15, 0.2) is 17.5 Å². The summed E-state index contributed by atoms with van der Waals surface area (Å²) in [6, 6.07) is 158. The fourth-order valence-corrected chi connectivity index (χ4v) is 24.9. The molecular weight excluding hydrogens is 1830 g/mol. The maximum Gasteiger partial charge on any atom is 0.246 e. The Labute approximate surface area is 844 Å². The molecule has 0 saturated heterocycles. The highest BCUT2D eigenvalue weighted by molar-refractivity contribution is 6.32. The lowest BCUT2D eigenvalue weighted by Gasteiger charge is -2.10. The van der Waals surface area contributed by atoms with Crippen LogP contribution in [0.25, 0.3) is 318 Å². The second-order valence-corrected chi connectivity index (χ2v) is 39.0. The van der Waals surface area contributed by atoms with Gasteiger partial charge in [0.2, 0.25) is 17.1 Å². The van der Waals surface area contributed by atoms with Gasteiger partial charge in [-0.25, -0.2) is 29.9 Å². The van der Waals surface area contributed by atoms with E-state index in [2.05, 4.69) is 458 Å². The van der Waals surface area contributed by atoms with Crippen LogP contribution in [0.5, 0.6) is 0 Å². The Morgan fingerprint density at radius 2 is 0.389 bits per heavy atom. The summed E-state index contributed by atoms with van der Waals surface area (Å²) in [4.78, 5) is 30.6. The lowest BCUT2D eigenvalue weighted by molar-refractivity contribution is 0.652. The summed E-state index contributed by atoms with van der Waals surface area (Å²) in [6.07, 6.45) is 5.50. The zero-order chi connectivity index (χ0) is 97.1. The van der Waals surface area contributed by atoms with Crippen LogP contribution in [0, 0.1) is 0 Å². The van der Waals surface area contributed by atoms with Crippen molar-refractivity contribution >= 4 is 284 Å². The van der Waals surface area contributed by atoms with Crippen LogP contribution < -0.4 is 0 Å². The Balaban J connectivity index is 0.0000000974. The predicted octanol–water partition coefficient (Wildman–Crippen LogP) is 34.9. The van der Waals surface area contributed by atoms with Gasteiger partial charge in [-0.05, 0) is 191 Å². The summed E-state index contributed by atoms with van der Waals surface area (Å²) >= 11 is 0. The number of furan rings is 3. The first-order chi connectivity index (χ1) is 73.9. The first-order valence-electron chi connectivity index (χ1n) is 50.3. The number of benzene rings is 23. The molecule has 35 rings (SSSR count). The van der Waals surface area contributed by atoms with Crippen LogP contribution in [-0.4, -0.2) is 57.3 Å². The number of para-hydroxylation sites is 4. The van der Waals surface area contributed by atoms with Gasteiger partial charge >= 0.3 is 0 Å². The van der Waals surface area contributed by atoms with Crippen LogP contribution in [0.2, 0.25) is 0 Å². The number of fused-ring (bicyclic) bond motifs is 43. The molecule has 0 aliphatic carbocycles. The maximum absolute atomic E-state index is 6.39. The van der Waals surface area contributed by atoms with Gasteiger partial charge in [-0.2, -0.15) is 0 Å². The van der Waals surface area contributed by atoms with Gasteiger partial charge in [-0.1, -0.05) is 328 Å². The van der Waals surface area contributed by atoms with Gasteiger partial charge in [0.1, 0.15) is 33.3 Å². The minimum atomic E-state index is 0.520. The zero-order valence-corrected chi connectivity index (χ0v) is 79.5. The minimum absolute atomic E-state index is 0.520. The highest BCUT2D eigenvalue weighted by Crippen LogP contribution is 2.49. The molecule has 23 aromatic carbocycles. The van der Waals surface area contributed by atoms with E-state index in [1.54, 1.807) is 0 Å². The van der Waals surface area contributed by atoms with E-state index < -0.39 is 0 Å². The number of rotatable bonds is 6. The predicted molar refractivity (Wildman–Crippen MR) is 614 cm³/mol. The molecule has 0 aliphatic rings. The first-order valence-corrected chi connectivity index (χ1v) is 50.3. The molecule has 0 N–H and O–H groups in total. The van der Waals surface area contributed by atoms with Crippen LogP contribution >= 0.6 is 0 Å². The topological polar surface area (TPSA) is 146 Å². The number of nitrogens with zero attached hydrogens (tertiary/aromatic N) is 12. The molecule has 0 atom stereocenters. The highest BCUT2D eigenvalue weighted by atomic mass is 16.3. The van der Waals surface area contributed by atoms with E-state index in [-0.39, 0.29) is 0 Å². The molecule has 35 aromatic rings. The average Bonchev–Trinajstić information content (AvgIpc) is 1.57. The van der Waals surface area contributed by atoms with Crippen molar-refractivity contribution in [3.05, 3.63) is 461 Å². The third-order valence-electron chi connectivity index (χ3n) is 31.3. The molecule has 0 fully saturated rings. The Bertz CT molecular complexity index is 11200. The van der Waals surface area contributed by atoms with Crippen molar-refractivity contribution in [3.63, 3.8) is 0 Å². The highest BCUT2D eigenvalue weighted by Gasteiger charge is 2.28. The van der Waals surface area contributed by atoms with Crippen molar-refractivity contribution in [2.75, 3.05) is 0 Å². The van der Waals surface area contributed by atoms with Crippen molar-refractivity contribution in [1.82, 2.24) is 57.3 Å². The van der Waals surface area contributed by atoms with Gasteiger partial charge in [0.25, 0.3) is 0 Å². The van der Waals surface area contributed by atoms with E-state index in [4.69, 9.17) is 43.2 Å². The summed E-state index contributed by atoms with van der Waals surface area (Å²) in [5, 5.41) is 37.1. The quantitative estimate of drug-likeness (QED) is 0.159. The van der Waals surface area contributed by atoms with Gasteiger partial charge in [-0.15, -0.1) is 0 Å². The summed E-state index contributed by atoms with van der Waals surface area (Å²) in [5.41, 5.74) is 22.9. The van der Waals surface area contributed by atoms with Crippen molar-refractivity contribution < 1.29 is 13.3 Å². The fraction of sp³-hybridized carbons (Fsp3) is 0. The molecule has 12 aromatic heterocycles. The summed E-state index contributed by atoms with van der Waals surface area (Å²) < 4.78 is 32.8. The van der Waals surface area contributed by atoms with Crippen molar-refractivity contribution in [3.8, 4) is 34.5 Å². The third-order valence-corrected chi connectivity index (χ3v) is 31.3. The van der Waals surface area contributed by atoms with E-state index in [9.17, 15) is 0 Å². The lowest BCUT2D eigenvalue weighted by atomic mass is 10.00. The van der Waals surface area contributed by atoms with Gasteiger partial charge in [0.05, 0.1) is 101 Å². The Morgan fingerprint density at radius 1 is 0.154 bits per heavy atom. The van der Waals surface area contributed by atoms with E-state index in [0.29, 0.717) is 17.1 Å². The van der Waals surface area contributed by atoms with Crippen LogP contribution in [0.15, 0.2) is 475 Å². The molecule has 0 aliphatic heterocycles. The van der Waals surface area contributed by atoms with Gasteiger partial charge < -0.3 is 27.0 Å². The zero-order valence-electron chi connectivity index (χ0n) is 79.5. The van der Waals surface area contributed by atoms with E-state index in [0.717, 1.165) is 139 Å². The summed E-state index contributed by atoms with van der Waals surface area (Å²) in [7, 11) is 0. The van der Waals surface area contributed by atoms with Crippen molar-refractivity contribution in [2.45, 2.75) is 0 Å². The fourth-order valence-electron chi connectivity index (χ4n) is 24.9. The summed E-state index contributed by atoms with van der Waals surface area (Å²) in [5.74, 6) is 2.27. The third kappa shape index (κ3) is 11.8. The molecule has 0 saturated carbocycles. The Hall–Kier alpha value is -20.4. The SMILES string of the molecule is c1ccc2c(c1)ccc1c2c2c3ccccc3ccc2n1-c1ccc2oc3ncc(-n4c5ccc6ccccc6c5c5c6ccccc6ccc54)nc3c2c1.c1ccc2c(c1)ccc1c2c2ccccc2n1-c1ccc2oc3ncc(-n4c5ccccc5c5c6ccccc6ccc54)nc3c2c1.c1ccc2c(c1)ccc1c3ccccc3n(-c3ccc4oc5ncc(-n6c7ccccc7c7ccc8ccccc8c76)nc5c4c3)c21. The standard InChI is InChI=1S/C50H28N4O.2C42H24N4O/c1-5-13-34-29(9-1)17-22-39-45(34)46-35-14-6-2-10-30(35)18-23-40(46)53(39)33-21-26-43-38(27-33)49-50(55-43)51-28-44(52-49)54-41-24-19-31-11-3-7-15-36(31)47(41)48-37-16-8-4-12-32(37)20-25-42(48)54;1-3-11-28-25(9-1)17-20-35-39(28)30-13-5-7-15-33(30)45(35)27-19-22-37-32(23-27)41-42(47-37)43-24-38(44-41)46-34-16-8-6-14-31(34)40-29-12-4-2-10-26(29)18-21-36(40)46;1-3-11-28-25(9-1)17-20-32-30-13-5-7-15-35(30)45(40(28)32)27-19-22-37-34(23-27)39-42(47-37)43-24-38(44-39)46-36-16-8-6-14-31(36)33-21-18-26-10-2-4-12-29(26)41(33)46/h1-28H;2*1-24H. The van der Waals surface area contributed by atoms with Crippen molar-refractivity contribution in [2.24, 2.45) is 0 Å². The molecule has 12 heterocycles. The summed E-state index contributed by atoms with van der Waals surface area (Å²) in [6.45, 7) is 0. The number of hydrogen-bond acceptors (Lipinski definition) is 9. The Morgan fingerprint density at radius 3 is 0.752 bits per heavy atom. The molecule has 0 unspecified atom stereocenters. The lowest BCUT2D eigenvalue weighted by Crippen LogP contribution is -1.99. The number of hydrogen-bond donors (Lipinski definition) is 0. The normalized spacial score (nSPS) is 12.3. The molecule has 0 spiro atoms. The molecule has 690 valence electrons. The molecule has 15 nitrogen and oxygen atoms in total. The monoisotopic (exact) mass is 1900 g/mol.